The van der Waals surface area contributed by atoms with Gasteiger partial charge in [-0.05, 0) is 35.9 Å². The van der Waals surface area contributed by atoms with Crippen LogP contribution in [0.15, 0.2) is 66.7 Å². The first-order valence-electron chi connectivity index (χ1n) is 10.1. The van der Waals surface area contributed by atoms with E-state index in [1.54, 1.807) is 0 Å². The molecule has 0 aliphatic carbocycles. The maximum atomic E-state index is 14.0. The molecule has 4 rings (SSSR count). The van der Waals surface area contributed by atoms with Gasteiger partial charge in [0.2, 0.25) is 0 Å². The van der Waals surface area contributed by atoms with Crippen LogP contribution >= 0.6 is 23.3 Å². The molecule has 1 unspecified atom stereocenters. The van der Waals surface area contributed by atoms with Gasteiger partial charge in [0.05, 0.1) is 23.0 Å². The Bertz CT molecular complexity index is 1370. The van der Waals surface area contributed by atoms with Gasteiger partial charge in [0.25, 0.3) is 17.2 Å². The molecule has 0 aliphatic heterocycles. The van der Waals surface area contributed by atoms with Crippen molar-refractivity contribution < 1.29 is 22.3 Å². The summed E-state index contributed by atoms with van der Waals surface area (Å²) in [5, 5.41) is 2.64. The number of halogens is 3. The fraction of sp³-hybridized carbons (Fsp3) is 0.0870. The molecule has 0 spiro atoms. The number of amides is 1. The lowest BCUT2D eigenvalue weighted by atomic mass is 10.1. The van der Waals surface area contributed by atoms with Gasteiger partial charge in [-0.25, -0.2) is 17.3 Å². The van der Waals surface area contributed by atoms with Crippen molar-refractivity contribution in [3.05, 3.63) is 106 Å². The van der Waals surface area contributed by atoms with E-state index in [9.17, 15) is 22.3 Å². The first-order chi connectivity index (χ1) is 16.8. The van der Waals surface area contributed by atoms with E-state index in [0.29, 0.717) is 12.1 Å². The zero-order valence-electron chi connectivity index (χ0n) is 17.8. The van der Waals surface area contributed by atoms with E-state index in [-0.39, 0.29) is 27.7 Å². The minimum absolute atomic E-state index is 0.0214. The summed E-state index contributed by atoms with van der Waals surface area (Å²) in [5.74, 6) is -2.27. The molecule has 0 fully saturated rings. The minimum Gasteiger partial charge on any atom is -0.348 e. The molecule has 4 aromatic rings. The maximum absolute atomic E-state index is 14.0. The third kappa shape index (κ3) is 5.70. The molecule has 0 radical (unpaired) electrons. The Morgan fingerprint density at radius 3 is 2.46 bits per heavy atom. The van der Waals surface area contributed by atoms with Crippen LogP contribution in [0, 0.1) is 11.6 Å². The van der Waals surface area contributed by atoms with E-state index >= 15 is 0 Å². The van der Waals surface area contributed by atoms with E-state index < -0.39 is 35.4 Å². The normalized spacial score (nSPS) is 11.8. The van der Waals surface area contributed by atoms with E-state index in [0.717, 1.165) is 33.7 Å². The first kappa shape index (κ1) is 24.9. The standard InChI is InChI=1S/C23H17ClF2N4O3S2/c24-15-9-10-16(23(31)27-13-17-18(25)7-4-8-19(17)26)21(12-15)30(35(32)33)22-20(28-34-29-22)11-14-5-2-1-3-6-14/h1-10,12H,11,13H2,(H,27,31)(H,32,33). The molecule has 1 atom stereocenters. The number of rotatable bonds is 8. The van der Waals surface area contributed by atoms with Crippen LogP contribution in [0.3, 0.4) is 0 Å². The molecule has 1 amide bonds. The zero-order chi connectivity index (χ0) is 24.9. The van der Waals surface area contributed by atoms with Gasteiger partial charge in [-0.2, -0.15) is 8.75 Å². The summed E-state index contributed by atoms with van der Waals surface area (Å²) in [5.41, 5.74) is 0.941. The Kier molecular flexibility index (Phi) is 7.81. The Morgan fingerprint density at radius 2 is 1.77 bits per heavy atom. The van der Waals surface area contributed by atoms with Gasteiger partial charge in [-0.1, -0.05) is 48.0 Å². The summed E-state index contributed by atoms with van der Waals surface area (Å²) >= 11 is 4.34. The van der Waals surface area contributed by atoms with E-state index in [2.05, 4.69) is 14.1 Å². The second-order valence-electron chi connectivity index (χ2n) is 7.27. The van der Waals surface area contributed by atoms with Crippen LogP contribution in [0.4, 0.5) is 20.3 Å². The van der Waals surface area contributed by atoms with Crippen LogP contribution in [0.1, 0.15) is 27.2 Å². The molecule has 2 N–H and O–H groups in total. The fourth-order valence-electron chi connectivity index (χ4n) is 3.36. The van der Waals surface area contributed by atoms with Gasteiger partial charge in [0.1, 0.15) is 17.3 Å². The van der Waals surface area contributed by atoms with Crippen molar-refractivity contribution in [2.24, 2.45) is 0 Å². The molecular weight excluding hydrogens is 518 g/mol. The Labute approximate surface area is 211 Å². The predicted molar refractivity (Wildman–Crippen MR) is 131 cm³/mol. The molecule has 0 saturated carbocycles. The second-order valence-corrected chi connectivity index (χ2v) is 9.06. The first-order valence-corrected chi connectivity index (χ1v) is 12.3. The number of hydrogen-bond acceptors (Lipinski definition) is 5. The molecule has 12 heteroatoms. The van der Waals surface area contributed by atoms with Crippen LogP contribution in [-0.4, -0.2) is 23.4 Å². The average Bonchev–Trinajstić information content (AvgIpc) is 3.26. The summed E-state index contributed by atoms with van der Waals surface area (Å²) in [6, 6.07) is 16.8. The van der Waals surface area contributed by atoms with Crippen LogP contribution in [0.25, 0.3) is 0 Å². The lowest BCUT2D eigenvalue weighted by Gasteiger charge is -2.21. The number of carbonyl (C=O) groups excluding carboxylic acids is 1. The van der Waals surface area contributed by atoms with Crippen molar-refractivity contribution in [2.45, 2.75) is 13.0 Å². The topological polar surface area (TPSA) is 95.4 Å². The van der Waals surface area contributed by atoms with Crippen LogP contribution in [0.2, 0.25) is 5.02 Å². The van der Waals surface area contributed by atoms with E-state index in [4.69, 9.17) is 11.6 Å². The van der Waals surface area contributed by atoms with Crippen LogP contribution < -0.4 is 9.62 Å². The number of carbonyl (C=O) groups is 1. The largest absolute Gasteiger partial charge is 0.348 e. The van der Waals surface area contributed by atoms with Gasteiger partial charge < -0.3 is 5.32 Å². The lowest BCUT2D eigenvalue weighted by Crippen LogP contribution is -2.28. The lowest BCUT2D eigenvalue weighted by molar-refractivity contribution is 0.0951. The fourth-order valence-corrected chi connectivity index (χ4v) is 4.74. The SMILES string of the molecule is O=C(NCc1c(F)cccc1F)c1ccc(Cl)cc1N(c1nsnc1Cc1ccccc1)S(=O)O. The highest BCUT2D eigenvalue weighted by Crippen LogP contribution is 2.34. The van der Waals surface area contributed by atoms with Gasteiger partial charge in [-0.3, -0.25) is 9.35 Å². The molecule has 180 valence electrons. The van der Waals surface area contributed by atoms with E-state index in [1.165, 1.54) is 24.3 Å². The summed E-state index contributed by atoms with van der Waals surface area (Å²) in [6.07, 6.45) is 0.328. The highest BCUT2D eigenvalue weighted by Gasteiger charge is 2.27. The third-order valence-corrected chi connectivity index (χ3v) is 6.48. The molecule has 35 heavy (non-hydrogen) atoms. The molecule has 1 heterocycles. The van der Waals surface area contributed by atoms with Gasteiger partial charge in [0, 0.05) is 23.6 Å². The minimum atomic E-state index is -2.66. The summed E-state index contributed by atoms with van der Waals surface area (Å²) < 4.78 is 60.0. The molecule has 0 bridgehead atoms. The molecule has 7 nitrogen and oxygen atoms in total. The molecule has 0 aliphatic rings. The van der Waals surface area contributed by atoms with Crippen molar-refractivity contribution >= 4 is 52.0 Å². The zero-order valence-corrected chi connectivity index (χ0v) is 20.2. The smallest absolute Gasteiger partial charge is 0.268 e. The molecule has 3 aromatic carbocycles. The van der Waals surface area contributed by atoms with Crippen molar-refractivity contribution in [2.75, 3.05) is 4.31 Å². The van der Waals surface area contributed by atoms with Crippen molar-refractivity contribution in [1.82, 2.24) is 14.1 Å². The number of hydrogen-bond donors (Lipinski definition) is 2. The molecular formula is C23H17ClF2N4O3S2. The van der Waals surface area contributed by atoms with Crippen LogP contribution in [-0.2, 0) is 24.2 Å². The monoisotopic (exact) mass is 534 g/mol. The van der Waals surface area contributed by atoms with Gasteiger partial charge in [0.15, 0.2) is 5.82 Å². The predicted octanol–water partition coefficient (Wildman–Crippen LogP) is 5.27. The van der Waals surface area contributed by atoms with Gasteiger partial charge >= 0.3 is 0 Å². The molecule has 1 aromatic heterocycles. The highest BCUT2D eigenvalue weighted by molar-refractivity contribution is 7.81. The Hall–Kier alpha value is -3.25. The second kappa shape index (κ2) is 11.0. The summed E-state index contributed by atoms with van der Waals surface area (Å²) in [4.78, 5) is 13.0. The van der Waals surface area contributed by atoms with E-state index in [1.807, 2.05) is 30.3 Å². The average molecular weight is 535 g/mol. The van der Waals surface area contributed by atoms with Crippen molar-refractivity contribution in [3.63, 3.8) is 0 Å². The number of nitrogens with zero attached hydrogens (tertiary/aromatic N) is 3. The highest BCUT2D eigenvalue weighted by atomic mass is 35.5. The number of benzene rings is 3. The Morgan fingerprint density at radius 1 is 1.06 bits per heavy atom. The third-order valence-electron chi connectivity index (χ3n) is 5.01. The number of aromatic nitrogens is 2. The van der Waals surface area contributed by atoms with Crippen molar-refractivity contribution in [3.8, 4) is 0 Å². The van der Waals surface area contributed by atoms with Crippen LogP contribution in [0.5, 0.6) is 0 Å². The Balaban J connectivity index is 1.68. The summed E-state index contributed by atoms with van der Waals surface area (Å²) in [7, 11) is 0. The molecule has 0 saturated heterocycles. The van der Waals surface area contributed by atoms with Crippen molar-refractivity contribution in [1.29, 1.82) is 0 Å². The number of nitrogens with one attached hydrogen (secondary N) is 1. The number of anilines is 2. The van der Waals surface area contributed by atoms with Gasteiger partial charge in [-0.15, -0.1) is 0 Å². The quantitative estimate of drug-likeness (QED) is 0.300. The maximum Gasteiger partial charge on any atom is 0.268 e. The summed E-state index contributed by atoms with van der Waals surface area (Å²) in [6.45, 7) is -0.431.